The van der Waals surface area contributed by atoms with Gasteiger partial charge in [-0.05, 0) is 13.5 Å². The molecule has 1 amide bonds. The Morgan fingerprint density at radius 2 is 2.29 bits per heavy atom. The third-order valence-electron chi connectivity index (χ3n) is 1.80. The molecular weight excluding hydrogens is 198 g/mol. The molecule has 5 heteroatoms. The van der Waals surface area contributed by atoms with Gasteiger partial charge in [0.05, 0.1) is 5.69 Å². The third-order valence-corrected chi connectivity index (χ3v) is 2.96. The maximum atomic E-state index is 11.4. The van der Waals surface area contributed by atoms with Gasteiger partial charge in [-0.25, -0.2) is 4.98 Å². The van der Waals surface area contributed by atoms with Crippen LogP contribution in [-0.2, 0) is 6.54 Å². The van der Waals surface area contributed by atoms with Crippen molar-refractivity contribution in [3.05, 3.63) is 15.6 Å². The van der Waals surface area contributed by atoms with Crippen molar-refractivity contribution in [3.63, 3.8) is 0 Å². The van der Waals surface area contributed by atoms with Gasteiger partial charge in [0.15, 0.2) is 0 Å². The fourth-order valence-electron chi connectivity index (χ4n) is 1.08. The summed E-state index contributed by atoms with van der Waals surface area (Å²) in [6.07, 6.45) is 0. The maximum Gasteiger partial charge on any atom is 0.263 e. The lowest BCUT2D eigenvalue weighted by molar-refractivity contribution is 0.0966. The van der Waals surface area contributed by atoms with Crippen molar-refractivity contribution in [1.82, 2.24) is 15.6 Å². The van der Waals surface area contributed by atoms with Gasteiger partial charge >= 0.3 is 0 Å². The summed E-state index contributed by atoms with van der Waals surface area (Å²) in [5.41, 5.74) is 0.808. The number of aryl methyl sites for hydroxylation is 1. The van der Waals surface area contributed by atoms with E-state index < -0.39 is 0 Å². The summed E-state index contributed by atoms with van der Waals surface area (Å²) >= 11 is 1.45. The number of hydrogen-bond donors (Lipinski definition) is 2. The normalized spacial score (nSPS) is 10.2. The largest absolute Gasteiger partial charge is 0.354 e. The van der Waals surface area contributed by atoms with Crippen molar-refractivity contribution < 1.29 is 4.79 Å². The minimum absolute atomic E-state index is 0.0530. The second-order valence-electron chi connectivity index (χ2n) is 2.88. The Morgan fingerprint density at radius 1 is 1.57 bits per heavy atom. The molecule has 1 heterocycles. The van der Waals surface area contributed by atoms with Gasteiger partial charge in [-0.15, -0.1) is 11.3 Å². The third kappa shape index (κ3) is 2.52. The van der Waals surface area contributed by atoms with Crippen LogP contribution in [0.15, 0.2) is 0 Å². The van der Waals surface area contributed by atoms with Crippen LogP contribution in [0.4, 0.5) is 0 Å². The van der Waals surface area contributed by atoms with Crippen LogP contribution in [0.1, 0.15) is 27.3 Å². The van der Waals surface area contributed by atoms with Gasteiger partial charge in [-0.2, -0.15) is 0 Å². The molecule has 0 spiro atoms. The number of thiazole rings is 1. The first-order valence-corrected chi connectivity index (χ1v) is 5.39. The Kier molecular flexibility index (Phi) is 4.03. The number of nitrogens with zero attached hydrogens (tertiary/aromatic N) is 1. The molecule has 0 fully saturated rings. The molecule has 0 saturated carbocycles. The van der Waals surface area contributed by atoms with E-state index in [2.05, 4.69) is 15.6 Å². The maximum absolute atomic E-state index is 11.4. The van der Waals surface area contributed by atoms with Gasteiger partial charge in [0, 0.05) is 13.6 Å². The highest BCUT2D eigenvalue weighted by Crippen LogP contribution is 2.17. The van der Waals surface area contributed by atoms with Crippen molar-refractivity contribution in [2.75, 3.05) is 13.6 Å². The van der Waals surface area contributed by atoms with E-state index in [9.17, 15) is 4.79 Å². The summed E-state index contributed by atoms with van der Waals surface area (Å²) in [6, 6.07) is 0. The van der Waals surface area contributed by atoms with Crippen molar-refractivity contribution in [1.29, 1.82) is 0 Å². The summed E-state index contributed by atoms with van der Waals surface area (Å²) in [6.45, 7) is 5.55. The van der Waals surface area contributed by atoms with Gasteiger partial charge < -0.3 is 10.6 Å². The van der Waals surface area contributed by atoms with Crippen LogP contribution < -0.4 is 10.6 Å². The molecule has 0 atom stereocenters. The molecule has 4 nitrogen and oxygen atoms in total. The van der Waals surface area contributed by atoms with Crippen LogP contribution in [0, 0.1) is 6.92 Å². The monoisotopic (exact) mass is 213 g/mol. The van der Waals surface area contributed by atoms with Crippen molar-refractivity contribution in [3.8, 4) is 0 Å². The van der Waals surface area contributed by atoms with Crippen molar-refractivity contribution in [2.45, 2.75) is 20.4 Å². The number of hydrogen-bond acceptors (Lipinski definition) is 4. The number of rotatable bonds is 4. The summed E-state index contributed by atoms with van der Waals surface area (Å²) in [5, 5.41) is 6.74. The highest BCUT2D eigenvalue weighted by Gasteiger charge is 2.12. The van der Waals surface area contributed by atoms with E-state index in [0.717, 1.165) is 23.8 Å². The number of aromatic nitrogens is 1. The summed E-state index contributed by atoms with van der Waals surface area (Å²) in [5.74, 6) is -0.0530. The lowest BCUT2D eigenvalue weighted by atomic mass is 10.4. The Morgan fingerprint density at radius 3 is 2.86 bits per heavy atom. The molecule has 0 bridgehead atoms. The second-order valence-corrected chi connectivity index (χ2v) is 3.97. The predicted octanol–water partition coefficient (Wildman–Crippen LogP) is 0.921. The molecule has 14 heavy (non-hydrogen) atoms. The molecule has 1 rings (SSSR count). The number of carbonyl (C=O) groups is 1. The van der Waals surface area contributed by atoms with Crippen LogP contribution in [-0.4, -0.2) is 24.5 Å². The highest BCUT2D eigenvalue weighted by molar-refractivity contribution is 7.13. The molecular formula is C9H15N3OS. The molecule has 2 N–H and O–H groups in total. The zero-order valence-electron chi connectivity index (χ0n) is 8.68. The van der Waals surface area contributed by atoms with Gasteiger partial charge in [0.2, 0.25) is 0 Å². The van der Waals surface area contributed by atoms with Crippen molar-refractivity contribution in [2.24, 2.45) is 0 Å². The topological polar surface area (TPSA) is 54.0 Å². The van der Waals surface area contributed by atoms with Gasteiger partial charge in [0.1, 0.15) is 9.88 Å². The fourth-order valence-corrected chi connectivity index (χ4v) is 2.06. The molecule has 0 aliphatic heterocycles. The van der Waals surface area contributed by atoms with E-state index in [4.69, 9.17) is 0 Å². The quantitative estimate of drug-likeness (QED) is 0.782. The van der Waals surface area contributed by atoms with Gasteiger partial charge in [0.25, 0.3) is 5.91 Å². The second kappa shape index (κ2) is 5.07. The van der Waals surface area contributed by atoms with E-state index in [1.807, 2.05) is 13.8 Å². The fraction of sp³-hybridized carbons (Fsp3) is 0.556. The number of carbonyl (C=O) groups excluding carboxylic acids is 1. The molecule has 0 saturated heterocycles. The van der Waals surface area contributed by atoms with E-state index >= 15 is 0 Å². The molecule has 0 radical (unpaired) electrons. The van der Waals surface area contributed by atoms with Crippen LogP contribution in [0.2, 0.25) is 0 Å². The van der Waals surface area contributed by atoms with Gasteiger partial charge in [-0.1, -0.05) is 6.92 Å². The summed E-state index contributed by atoms with van der Waals surface area (Å²) < 4.78 is 0. The highest BCUT2D eigenvalue weighted by atomic mass is 32.1. The van der Waals surface area contributed by atoms with Crippen LogP contribution in [0.25, 0.3) is 0 Å². The SMILES string of the molecule is CCNCc1nc(C)c(C(=O)NC)s1. The first-order chi connectivity index (χ1) is 6.69. The Balaban J connectivity index is 2.77. The smallest absolute Gasteiger partial charge is 0.263 e. The van der Waals surface area contributed by atoms with E-state index in [-0.39, 0.29) is 5.91 Å². The lowest BCUT2D eigenvalue weighted by Gasteiger charge is -1.95. The Hall–Kier alpha value is -0.940. The Bertz CT molecular complexity index is 322. The molecule has 1 aromatic rings. The lowest BCUT2D eigenvalue weighted by Crippen LogP contribution is -2.17. The summed E-state index contributed by atoms with van der Waals surface area (Å²) in [7, 11) is 1.63. The van der Waals surface area contributed by atoms with E-state index in [1.54, 1.807) is 7.05 Å². The standard InChI is InChI=1S/C9H15N3OS/c1-4-11-5-7-12-6(2)8(14-7)9(13)10-3/h11H,4-5H2,1-3H3,(H,10,13). The van der Waals surface area contributed by atoms with Crippen LogP contribution in [0.3, 0.4) is 0 Å². The predicted molar refractivity (Wildman–Crippen MR) is 57.6 cm³/mol. The number of nitrogens with one attached hydrogen (secondary N) is 2. The molecule has 1 aromatic heterocycles. The van der Waals surface area contributed by atoms with E-state index in [0.29, 0.717) is 4.88 Å². The number of amides is 1. The molecule has 0 aliphatic rings. The molecule has 0 aliphatic carbocycles. The average molecular weight is 213 g/mol. The minimum atomic E-state index is -0.0530. The summed E-state index contributed by atoms with van der Waals surface area (Å²) in [4.78, 5) is 16.4. The molecule has 0 unspecified atom stereocenters. The first-order valence-electron chi connectivity index (χ1n) is 4.58. The Labute approximate surface area is 87.7 Å². The first kappa shape index (κ1) is 11.1. The van der Waals surface area contributed by atoms with Crippen LogP contribution >= 0.6 is 11.3 Å². The zero-order chi connectivity index (χ0) is 10.6. The average Bonchev–Trinajstić information content (AvgIpc) is 2.55. The van der Waals surface area contributed by atoms with Gasteiger partial charge in [-0.3, -0.25) is 4.79 Å². The minimum Gasteiger partial charge on any atom is -0.354 e. The van der Waals surface area contributed by atoms with Crippen LogP contribution in [0.5, 0.6) is 0 Å². The van der Waals surface area contributed by atoms with E-state index in [1.165, 1.54) is 11.3 Å². The molecule has 0 aromatic carbocycles. The van der Waals surface area contributed by atoms with Crippen molar-refractivity contribution >= 4 is 17.2 Å². The zero-order valence-corrected chi connectivity index (χ0v) is 9.49. The molecule has 78 valence electrons.